The molecular weight excluding hydrogens is 168 g/mol. The molecule has 1 rings (SSSR count). The average molecular weight is 182 g/mol. The fourth-order valence-electron chi connectivity index (χ4n) is 1.23. The monoisotopic (exact) mass is 182 g/mol. The van der Waals surface area contributed by atoms with Gasteiger partial charge in [0.2, 0.25) is 0 Å². The van der Waals surface area contributed by atoms with E-state index in [9.17, 15) is 9.59 Å². The van der Waals surface area contributed by atoms with Crippen LogP contribution in [0.15, 0.2) is 15.7 Å². The smallest absolute Gasteiger partial charge is 0.298 e. The maximum absolute atomic E-state index is 11.3. The van der Waals surface area contributed by atoms with Crippen molar-refractivity contribution in [2.24, 2.45) is 0 Å². The number of unbranched alkanes of at least 4 members (excludes halogenated alkanes) is 1. The van der Waals surface area contributed by atoms with Crippen LogP contribution in [0.3, 0.4) is 0 Å². The molecule has 0 amide bonds. The van der Waals surface area contributed by atoms with E-state index in [0.29, 0.717) is 6.54 Å². The SMILES string of the molecule is CCCCn1c(C)cc(=O)[nH]c1=O. The van der Waals surface area contributed by atoms with Crippen molar-refractivity contribution in [1.29, 1.82) is 0 Å². The third kappa shape index (κ3) is 2.31. The van der Waals surface area contributed by atoms with Crippen LogP contribution in [0.2, 0.25) is 0 Å². The molecule has 0 aromatic carbocycles. The highest BCUT2D eigenvalue weighted by Crippen LogP contribution is 1.94. The van der Waals surface area contributed by atoms with Gasteiger partial charge in [-0.3, -0.25) is 14.3 Å². The molecule has 0 aliphatic rings. The van der Waals surface area contributed by atoms with Gasteiger partial charge < -0.3 is 0 Å². The van der Waals surface area contributed by atoms with E-state index < -0.39 is 0 Å². The van der Waals surface area contributed by atoms with Gasteiger partial charge in [0.1, 0.15) is 0 Å². The van der Waals surface area contributed by atoms with Crippen LogP contribution < -0.4 is 11.2 Å². The highest BCUT2D eigenvalue weighted by molar-refractivity contribution is 4.98. The fraction of sp³-hybridized carbons (Fsp3) is 0.556. The first kappa shape index (κ1) is 9.77. The Morgan fingerprint density at radius 1 is 1.46 bits per heavy atom. The molecule has 0 fully saturated rings. The number of hydrogen-bond acceptors (Lipinski definition) is 2. The first-order valence-corrected chi connectivity index (χ1v) is 4.46. The van der Waals surface area contributed by atoms with Gasteiger partial charge in [-0.2, -0.15) is 0 Å². The molecular formula is C9H14N2O2. The number of H-pyrrole nitrogens is 1. The van der Waals surface area contributed by atoms with E-state index in [4.69, 9.17) is 0 Å². The van der Waals surface area contributed by atoms with E-state index in [0.717, 1.165) is 18.5 Å². The lowest BCUT2D eigenvalue weighted by Crippen LogP contribution is -2.31. The van der Waals surface area contributed by atoms with Gasteiger partial charge in [-0.25, -0.2) is 4.79 Å². The largest absolute Gasteiger partial charge is 0.328 e. The number of aryl methyl sites for hydroxylation is 1. The molecule has 1 heterocycles. The summed E-state index contributed by atoms with van der Waals surface area (Å²) in [6.45, 7) is 4.51. The standard InChI is InChI=1S/C9H14N2O2/c1-3-4-5-11-7(2)6-8(12)10-9(11)13/h6H,3-5H2,1-2H3,(H,10,12,13). The highest BCUT2D eigenvalue weighted by atomic mass is 16.2. The summed E-state index contributed by atoms with van der Waals surface area (Å²) in [7, 11) is 0. The zero-order valence-electron chi connectivity index (χ0n) is 7.96. The summed E-state index contributed by atoms with van der Waals surface area (Å²) < 4.78 is 1.59. The molecule has 0 unspecified atom stereocenters. The lowest BCUT2D eigenvalue weighted by atomic mass is 10.3. The Bertz CT molecular complexity index is 389. The van der Waals surface area contributed by atoms with E-state index in [2.05, 4.69) is 11.9 Å². The fourth-order valence-corrected chi connectivity index (χ4v) is 1.23. The number of aromatic nitrogens is 2. The van der Waals surface area contributed by atoms with Crippen molar-refractivity contribution in [3.05, 3.63) is 32.6 Å². The van der Waals surface area contributed by atoms with E-state index in [1.807, 2.05) is 0 Å². The third-order valence-corrected chi connectivity index (χ3v) is 1.98. The Labute approximate surface area is 76.2 Å². The van der Waals surface area contributed by atoms with E-state index in [1.54, 1.807) is 11.5 Å². The van der Waals surface area contributed by atoms with E-state index >= 15 is 0 Å². The Kier molecular flexibility index (Phi) is 3.06. The van der Waals surface area contributed by atoms with Crippen molar-refractivity contribution in [2.45, 2.75) is 33.2 Å². The summed E-state index contributed by atoms with van der Waals surface area (Å²) in [5.74, 6) is 0. The predicted octanol–water partition coefficient (Wildman–Crippen LogP) is 0.645. The second kappa shape index (κ2) is 4.07. The molecule has 1 aromatic rings. The normalized spacial score (nSPS) is 10.3. The Morgan fingerprint density at radius 2 is 2.15 bits per heavy atom. The summed E-state index contributed by atoms with van der Waals surface area (Å²) in [6.07, 6.45) is 1.98. The molecule has 0 atom stereocenters. The number of rotatable bonds is 3. The van der Waals surface area contributed by atoms with Gasteiger partial charge in [-0.15, -0.1) is 0 Å². The van der Waals surface area contributed by atoms with Crippen LogP contribution in [0.5, 0.6) is 0 Å². The van der Waals surface area contributed by atoms with Crippen LogP contribution in [0, 0.1) is 6.92 Å². The van der Waals surface area contributed by atoms with E-state index in [1.165, 1.54) is 6.07 Å². The molecule has 13 heavy (non-hydrogen) atoms. The number of aromatic amines is 1. The van der Waals surface area contributed by atoms with Crippen LogP contribution in [-0.4, -0.2) is 9.55 Å². The molecule has 0 aliphatic heterocycles. The molecule has 72 valence electrons. The second-order valence-electron chi connectivity index (χ2n) is 3.09. The third-order valence-electron chi connectivity index (χ3n) is 1.98. The van der Waals surface area contributed by atoms with Crippen molar-refractivity contribution in [1.82, 2.24) is 9.55 Å². The molecule has 0 saturated heterocycles. The Hall–Kier alpha value is -1.32. The molecule has 1 aromatic heterocycles. The number of hydrogen-bond donors (Lipinski definition) is 1. The van der Waals surface area contributed by atoms with Crippen LogP contribution in [0.25, 0.3) is 0 Å². The minimum Gasteiger partial charge on any atom is -0.298 e. The lowest BCUT2D eigenvalue weighted by Gasteiger charge is -2.06. The van der Waals surface area contributed by atoms with Crippen LogP contribution in [0.1, 0.15) is 25.5 Å². The van der Waals surface area contributed by atoms with Gasteiger partial charge in [0.15, 0.2) is 0 Å². The zero-order chi connectivity index (χ0) is 9.84. The van der Waals surface area contributed by atoms with Gasteiger partial charge in [0.25, 0.3) is 5.56 Å². The topological polar surface area (TPSA) is 54.9 Å². The minimum atomic E-state index is -0.324. The van der Waals surface area contributed by atoms with Crippen molar-refractivity contribution >= 4 is 0 Å². The Balaban J connectivity index is 3.07. The average Bonchev–Trinajstić information content (AvgIpc) is 2.02. The summed E-state index contributed by atoms with van der Waals surface area (Å²) in [5, 5.41) is 0. The molecule has 0 spiro atoms. The molecule has 4 nitrogen and oxygen atoms in total. The maximum Gasteiger partial charge on any atom is 0.328 e. The molecule has 0 saturated carbocycles. The summed E-state index contributed by atoms with van der Waals surface area (Å²) in [5.41, 5.74) is 0.0934. The van der Waals surface area contributed by atoms with Crippen molar-refractivity contribution in [3.63, 3.8) is 0 Å². The molecule has 0 aliphatic carbocycles. The zero-order valence-corrected chi connectivity index (χ0v) is 7.96. The quantitative estimate of drug-likeness (QED) is 0.746. The predicted molar refractivity (Wildman–Crippen MR) is 51.0 cm³/mol. The van der Waals surface area contributed by atoms with Crippen molar-refractivity contribution in [3.8, 4) is 0 Å². The highest BCUT2D eigenvalue weighted by Gasteiger charge is 1.99. The van der Waals surface area contributed by atoms with Crippen LogP contribution >= 0.6 is 0 Å². The van der Waals surface area contributed by atoms with Gasteiger partial charge in [0.05, 0.1) is 0 Å². The van der Waals surface area contributed by atoms with E-state index in [-0.39, 0.29) is 11.2 Å². The van der Waals surface area contributed by atoms with Gasteiger partial charge in [0, 0.05) is 18.3 Å². The van der Waals surface area contributed by atoms with Crippen molar-refractivity contribution in [2.75, 3.05) is 0 Å². The second-order valence-corrected chi connectivity index (χ2v) is 3.09. The Morgan fingerprint density at radius 3 is 2.69 bits per heavy atom. The van der Waals surface area contributed by atoms with Gasteiger partial charge in [-0.1, -0.05) is 13.3 Å². The lowest BCUT2D eigenvalue weighted by molar-refractivity contribution is 0.582. The van der Waals surface area contributed by atoms with Crippen LogP contribution in [-0.2, 0) is 6.54 Å². The number of nitrogens with zero attached hydrogens (tertiary/aromatic N) is 1. The summed E-state index contributed by atoms with van der Waals surface area (Å²) in [4.78, 5) is 24.4. The van der Waals surface area contributed by atoms with Crippen molar-refractivity contribution < 1.29 is 0 Å². The first-order chi connectivity index (χ1) is 6.15. The summed E-state index contributed by atoms with van der Waals surface area (Å²) >= 11 is 0. The molecule has 4 heteroatoms. The van der Waals surface area contributed by atoms with Gasteiger partial charge in [-0.05, 0) is 13.3 Å². The molecule has 0 radical (unpaired) electrons. The first-order valence-electron chi connectivity index (χ1n) is 4.46. The van der Waals surface area contributed by atoms with Gasteiger partial charge >= 0.3 is 5.69 Å². The number of nitrogens with one attached hydrogen (secondary N) is 1. The van der Waals surface area contributed by atoms with Crippen LogP contribution in [0.4, 0.5) is 0 Å². The molecule has 1 N–H and O–H groups in total. The summed E-state index contributed by atoms with van der Waals surface area (Å²) in [6, 6.07) is 1.44. The minimum absolute atomic E-state index is 0.307. The molecule has 0 bridgehead atoms. The maximum atomic E-state index is 11.3.